The van der Waals surface area contributed by atoms with Gasteiger partial charge in [-0.05, 0) is 54.8 Å². The lowest BCUT2D eigenvalue weighted by molar-refractivity contribution is -0.115. The number of hydrogen-bond donors (Lipinski definition) is 1. The van der Waals surface area contributed by atoms with E-state index in [-0.39, 0.29) is 23.2 Å². The van der Waals surface area contributed by atoms with Gasteiger partial charge in [-0.25, -0.2) is 17.1 Å². The van der Waals surface area contributed by atoms with Crippen molar-refractivity contribution in [3.8, 4) is 0 Å². The molecular formula is C19H22FN3O3S. The van der Waals surface area contributed by atoms with Gasteiger partial charge in [-0.1, -0.05) is 6.07 Å². The van der Waals surface area contributed by atoms with Crippen molar-refractivity contribution in [1.29, 1.82) is 0 Å². The maximum atomic E-state index is 13.4. The number of hydrogen-bond acceptors (Lipinski definition) is 4. The minimum absolute atomic E-state index is 0.114. The maximum Gasteiger partial charge on any atom is 0.243 e. The fourth-order valence-electron chi connectivity index (χ4n) is 3.13. The number of nitrogens with one attached hydrogen (secondary N) is 1. The second-order valence-electron chi connectivity index (χ2n) is 6.66. The van der Waals surface area contributed by atoms with Crippen molar-refractivity contribution in [2.24, 2.45) is 0 Å². The van der Waals surface area contributed by atoms with Crippen LogP contribution in [0.15, 0.2) is 47.4 Å². The number of amides is 1. The molecule has 1 aliphatic heterocycles. The fraction of sp³-hybridized carbons (Fsp3) is 0.316. The van der Waals surface area contributed by atoms with Crippen molar-refractivity contribution in [2.75, 3.05) is 37.4 Å². The summed E-state index contributed by atoms with van der Waals surface area (Å²) in [7, 11) is -0.659. The van der Waals surface area contributed by atoms with Crippen LogP contribution in [0.5, 0.6) is 0 Å². The van der Waals surface area contributed by atoms with E-state index in [9.17, 15) is 17.6 Å². The van der Waals surface area contributed by atoms with Crippen LogP contribution in [-0.2, 0) is 21.2 Å². The molecule has 0 saturated heterocycles. The third-order valence-corrected chi connectivity index (χ3v) is 6.30. The molecule has 2 aromatic rings. The second kappa shape index (κ2) is 7.66. The lowest BCUT2D eigenvalue weighted by Gasteiger charge is -2.30. The number of halogens is 1. The highest BCUT2D eigenvalue weighted by Gasteiger charge is 2.21. The molecule has 0 atom stereocenters. The van der Waals surface area contributed by atoms with E-state index in [1.54, 1.807) is 18.2 Å². The molecule has 2 aromatic carbocycles. The first kappa shape index (κ1) is 19.3. The largest absolute Gasteiger partial charge is 0.362 e. The number of nitrogens with zero attached hydrogens (tertiary/aromatic N) is 2. The number of aryl methyl sites for hydroxylation is 1. The normalized spacial score (nSPS) is 14.1. The van der Waals surface area contributed by atoms with Crippen LogP contribution in [0.3, 0.4) is 0 Å². The Labute approximate surface area is 158 Å². The van der Waals surface area contributed by atoms with E-state index in [4.69, 9.17) is 0 Å². The molecule has 0 aromatic heterocycles. The van der Waals surface area contributed by atoms with Crippen molar-refractivity contribution >= 4 is 27.3 Å². The molecule has 3 rings (SSSR count). The van der Waals surface area contributed by atoms with E-state index >= 15 is 0 Å². The van der Waals surface area contributed by atoms with E-state index in [2.05, 4.69) is 5.32 Å². The summed E-state index contributed by atoms with van der Waals surface area (Å²) < 4.78 is 39.0. The van der Waals surface area contributed by atoms with Crippen molar-refractivity contribution in [1.82, 2.24) is 4.31 Å². The van der Waals surface area contributed by atoms with Gasteiger partial charge in [0, 0.05) is 32.0 Å². The van der Waals surface area contributed by atoms with Gasteiger partial charge in [-0.2, -0.15) is 0 Å². The van der Waals surface area contributed by atoms with E-state index in [1.165, 1.54) is 38.4 Å². The Kier molecular flexibility index (Phi) is 5.48. The standard InChI is InChI=1S/C19H22FN3O3S/c1-22(2)27(25,26)17-7-3-6-16(12-17)21-19(24)13-23-10-4-5-14-11-15(20)8-9-18(14)23/h3,6-9,11-12H,4-5,10,13H2,1-2H3,(H,21,24). The fourth-order valence-corrected chi connectivity index (χ4v) is 4.07. The van der Waals surface area contributed by atoms with Crippen LogP contribution in [0, 0.1) is 5.82 Å². The maximum absolute atomic E-state index is 13.4. The highest BCUT2D eigenvalue weighted by molar-refractivity contribution is 7.89. The Morgan fingerprint density at radius 2 is 2.00 bits per heavy atom. The quantitative estimate of drug-likeness (QED) is 0.850. The van der Waals surface area contributed by atoms with Crippen LogP contribution in [-0.4, -0.2) is 45.8 Å². The predicted octanol–water partition coefficient (Wildman–Crippen LogP) is 2.47. The minimum Gasteiger partial charge on any atom is -0.362 e. The zero-order valence-electron chi connectivity index (χ0n) is 15.3. The molecule has 144 valence electrons. The van der Waals surface area contributed by atoms with Crippen molar-refractivity contribution in [3.63, 3.8) is 0 Å². The van der Waals surface area contributed by atoms with Crippen molar-refractivity contribution < 1.29 is 17.6 Å². The smallest absolute Gasteiger partial charge is 0.243 e. The highest BCUT2D eigenvalue weighted by Crippen LogP contribution is 2.27. The molecule has 0 fully saturated rings. The Hall–Kier alpha value is -2.45. The molecule has 0 saturated carbocycles. The van der Waals surface area contributed by atoms with Crippen molar-refractivity contribution in [2.45, 2.75) is 17.7 Å². The van der Waals surface area contributed by atoms with Gasteiger partial charge < -0.3 is 10.2 Å². The third kappa shape index (κ3) is 4.28. The van der Waals surface area contributed by atoms with Crippen LogP contribution in [0.4, 0.5) is 15.8 Å². The van der Waals surface area contributed by atoms with Gasteiger partial charge in [-0.3, -0.25) is 4.79 Å². The first-order valence-corrected chi connectivity index (χ1v) is 10.1. The van der Waals surface area contributed by atoms with E-state index in [1.807, 2.05) is 4.90 Å². The highest BCUT2D eigenvalue weighted by atomic mass is 32.2. The number of carbonyl (C=O) groups excluding carboxylic acids is 1. The average Bonchev–Trinajstić information content (AvgIpc) is 2.61. The van der Waals surface area contributed by atoms with Crippen LogP contribution in [0.2, 0.25) is 0 Å². The average molecular weight is 391 g/mol. The molecule has 0 radical (unpaired) electrons. The molecule has 1 aliphatic rings. The van der Waals surface area contributed by atoms with Gasteiger partial charge >= 0.3 is 0 Å². The first-order valence-electron chi connectivity index (χ1n) is 8.63. The topological polar surface area (TPSA) is 69.7 Å². The summed E-state index contributed by atoms with van der Waals surface area (Å²) in [4.78, 5) is 14.5. The van der Waals surface area contributed by atoms with Gasteiger partial charge in [0.2, 0.25) is 15.9 Å². The molecule has 27 heavy (non-hydrogen) atoms. The lowest BCUT2D eigenvalue weighted by Crippen LogP contribution is -2.36. The SMILES string of the molecule is CN(C)S(=O)(=O)c1cccc(NC(=O)CN2CCCc3cc(F)ccc32)c1. The Bertz CT molecular complexity index is 960. The summed E-state index contributed by atoms with van der Waals surface area (Å²) >= 11 is 0. The Morgan fingerprint density at radius 1 is 1.22 bits per heavy atom. The number of fused-ring (bicyclic) bond motifs is 1. The summed E-state index contributed by atoms with van der Waals surface area (Å²) in [5.41, 5.74) is 2.18. The molecule has 0 unspecified atom stereocenters. The van der Waals surface area contributed by atoms with Gasteiger partial charge in [0.1, 0.15) is 5.82 Å². The van der Waals surface area contributed by atoms with E-state index < -0.39 is 10.0 Å². The summed E-state index contributed by atoms with van der Waals surface area (Å²) in [6.45, 7) is 0.824. The molecule has 8 heteroatoms. The van der Waals surface area contributed by atoms with Gasteiger partial charge in [0.25, 0.3) is 0 Å². The van der Waals surface area contributed by atoms with Crippen LogP contribution < -0.4 is 10.2 Å². The summed E-state index contributed by atoms with van der Waals surface area (Å²) in [5.74, 6) is -0.537. The summed E-state index contributed by atoms with van der Waals surface area (Å²) in [6.07, 6.45) is 1.63. The first-order chi connectivity index (χ1) is 12.8. The van der Waals surface area contributed by atoms with Crippen molar-refractivity contribution in [3.05, 3.63) is 53.8 Å². The molecule has 1 N–H and O–H groups in total. The number of benzene rings is 2. The monoisotopic (exact) mass is 391 g/mol. The second-order valence-corrected chi connectivity index (χ2v) is 8.81. The molecule has 0 spiro atoms. The number of carbonyl (C=O) groups is 1. The van der Waals surface area contributed by atoms with Gasteiger partial charge in [0.05, 0.1) is 11.4 Å². The molecular weight excluding hydrogens is 369 g/mol. The zero-order valence-corrected chi connectivity index (χ0v) is 16.1. The third-order valence-electron chi connectivity index (χ3n) is 4.49. The minimum atomic E-state index is -3.57. The van der Waals surface area contributed by atoms with Gasteiger partial charge in [-0.15, -0.1) is 0 Å². The summed E-state index contributed by atoms with van der Waals surface area (Å²) in [6, 6.07) is 10.8. The lowest BCUT2D eigenvalue weighted by atomic mass is 10.0. The zero-order chi connectivity index (χ0) is 19.6. The van der Waals surface area contributed by atoms with Gasteiger partial charge in [0.15, 0.2) is 0 Å². The molecule has 0 bridgehead atoms. The molecule has 1 amide bonds. The van der Waals surface area contributed by atoms with Crippen LogP contribution >= 0.6 is 0 Å². The molecule has 1 heterocycles. The Morgan fingerprint density at radius 3 is 2.74 bits per heavy atom. The summed E-state index contributed by atoms with van der Waals surface area (Å²) in [5, 5.41) is 2.75. The van der Waals surface area contributed by atoms with E-state index in [0.717, 1.165) is 28.4 Å². The van der Waals surface area contributed by atoms with Crippen LogP contribution in [0.1, 0.15) is 12.0 Å². The number of anilines is 2. The molecule has 0 aliphatic carbocycles. The Balaban J connectivity index is 1.73. The number of rotatable bonds is 5. The molecule has 6 nitrogen and oxygen atoms in total. The van der Waals surface area contributed by atoms with Crippen LogP contribution in [0.25, 0.3) is 0 Å². The number of sulfonamides is 1. The predicted molar refractivity (Wildman–Crippen MR) is 103 cm³/mol. The van der Waals surface area contributed by atoms with E-state index in [0.29, 0.717) is 12.2 Å².